The molecule has 132 valence electrons. The number of piperazine rings is 1. The van der Waals surface area contributed by atoms with Crippen LogP contribution in [0.2, 0.25) is 0 Å². The first kappa shape index (κ1) is 17.1. The molecule has 0 aromatic carbocycles. The van der Waals surface area contributed by atoms with E-state index in [1.54, 1.807) is 19.2 Å². The highest BCUT2D eigenvalue weighted by atomic mass is 19.4. The Morgan fingerprint density at radius 1 is 1.08 bits per heavy atom. The summed E-state index contributed by atoms with van der Waals surface area (Å²) in [4.78, 5) is 27.8. The van der Waals surface area contributed by atoms with Crippen LogP contribution < -0.4 is 4.90 Å². The molecule has 0 saturated carbocycles. The molecule has 0 atom stereocenters. The van der Waals surface area contributed by atoms with Crippen LogP contribution in [-0.4, -0.2) is 51.9 Å². The second-order valence-corrected chi connectivity index (χ2v) is 5.65. The fourth-order valence-electron chi connectivity index (χ4n) is 2.63. The number of rotatable bonds is 2. The molecule has 0 radical (unpaired) electrons. The number of halogens is 3. The Balaban J connectivity index is 1.68. The molecule has 0 bridgehead atoms. The SMILES string of the molecule is Cc1nccc(N2CCN(C(=O)c3cccc(C(F)(F)F)n3)CC2)n1. The molecule has 1 saturated heterocycles. The highest BCUT2D eigenvalue weighted by Crippen LogP contribution is 2.27. The summed E-state index contributed by atoms with van der Waals surface area (Å²) in [7, 11) is 0. The zero-order chi connectivity index (χ0) is 18.0. The van der Waals surface area contributed by atoms with Crippen molar-refractivity contribution in [1.29, 1.82) is 0 Å². The highest BCUT2D eigenvalue weighted by Gasteiger charge is 2.33. The van der Waals surface area contributed by atoms with Gasteiger partial charge in [0.25, 0.3) is 5.91 Å². The second-order valence-electron chi connectivity index (χ2n) is 5.65. The van der Waals surface area contributed by atoms with Gasteiger partial charge in [0.2, 0.25) is 0 Å². The maximum absolute atomic E-state index is 12.7. The monoisotopic (exact) mass is 351 g/mol. The minimum absolute atomic E-state index is 0.193. The van der Waals surface area contributed by atoms with Gasteiger partial charge < -0.3 is 9.80 Å². The molecular weight excluding hydrogens is 335 g/mol. The Hall–Kier alpha value is -2.71. The van der Waals surface area contributed by atoms with Gasteiger partial charge in [0.15, 0.2) is 0 Å². The van der Waals surface area contributed by atoms with Gasteiger partial charge in [-0.3, -0.25) is 4.79 Å². The lowest BCUT2D eigenvalue weighted by atomic mass is 10.2. The molecule has 1 fully saturated rings. The molecule has 2 aromatic heterocycles. The van der Waals surface area contributed by atoms with Crippen LogP contribution in [0.25, 0.3) is 0 Å². The van der Waals surface area contributed by atoms with Crippen molar-refractivity contribution in [2.24, 2.45) is 0 Å². The third-order valence-corrected chi connectivity index (χ3v) is 3.91. The molecule has 0 unspecified atom stereocenters. The van der Waals surface area contributed by atoms with Crippen molar-refractivity contribution in [2.75, 3.05) is 31.1 Å². The zero-order valence-corrected chi connectivity index (χ0v) is 13.5. The largest absolute Gasteiger partial charge is 0.433 e. The lowest BCUT2D eigenvalue weighted by Gasteiger charge is -2.35. The molecule has 2 aromatic rings. The number of alkyl halides is 3. The van der Waals surface area contributed by atoms with Crippen molar-refractivity contribution < 1.29 is 18.0 Å². The predicted molar refractivity (Wildman–Crippen MR) is 84.1 cm³/mol. The lowest BCUT2D eigenvalue weighted by Crippen LogP contribution is -2.49. The van der Waals surface area contributed by atoms with Crippen LogP contribution >= 0.6 is 0 Å². The van der Waals surface area contributed by atoms with Gasteiger partial charge in [-0.05, 0) is 25.1 Å². The van der Waals surface area contributed by atoms with Gasteiger partial charge >= 0.3 is 6.18 Å². The van der Waals surface area contributed by atoms with Gasteiger partial charge in [0.1, 0.15) is 23.0 Å². The normalized spacial score (nSPS) is 15.4. The topological polar surface area (TPSA) is 62.2 Å². The molecular formula is C16H16F3N5O. The fraction of sp³-hybridized carbons (Fsp3) is 0.375. The molecule has 0 N–H and O–H groups in total. The zero-order valence-electron chi connectivity index (χ0n) is 13.5. The van der Waals surface area contributed by atoms with Crippen molar-refractivity contribution in [2.45, 2.75) is 13.1 Å². The number of hydrogen-bond donors (Lipinski definition) is 0. The minimum Gasteiger partial charge on any atom is -0.353 e. The van der Waals surface area contributed by atoms with Crippen molar-refractivity contribution in [3.8, 4) is 0 Å². The first-order chi connectivity index (χ1) is 11.8. The fourth-order valence-corrected chi connectivity index (χ4v) is 2.63. The Kier molecular flexibility index (Phi) is 4.56. The Morgan fingerprint density at radius 3 is 2.44 bits per heavy atom. The van der Waals surface area contributed by atoms with Crippen LogP contribution in [0.5, 0.6) is 0 Å². The molecule has 9 heteroatoms. The number of aromatic nitrogens is 3. The van der Waals surface area contributed by atoms with Crippen LogP contribution in [0.1, 0.15) is 22.0 Å². The standard InChI is InChI=1S/C16H16F3N5O/c1-11-20-6-5-14(21-11)23-7-9-24(10-8-23)15(25)12-3-2-4-13(22-12)16(17,18)19/h2-6H,7-10H2,1H3. The lowest BCUT2D eigenvalue weighted by molar-refractivity contribution is -0.141. The van der Waals surface area contributed by atoms with E-state index in [9.17, 15) is 18.0 Å². The summed E-state index contributed by atoms with van der Waals surface area (Å²) in [6, 6.07) is 5.14. The van der Waals surface area contributed by atoms with E-state index in [-0.39, 0.29) is 5.69 Å². The summed E-state index contributed by atoms with van der Waals surface area (Å²) in [6.45, 7) is 3.66. The van der Waals surface area contributed by atoms with Crippen molar-refractivity contribution in [1.82, 2.24) is 19.9 Å². The number of nitrogens with zero attached hydrogens (tertiary/aromatic N) is 5. The number of hydrogen-bond acceptors (Lipinski definition) is 5. The number of carbonyl (C=O) groups excluding carboxylic acids is 1. The van der Waals surface area contributed by atoms with E-state index in [2.05, 4.69) is 15.0 Å². The summed E-state index contributed by atoms with van der Waals surface area (Å²) in [5.74, 6) is 0.936. The minimum atomic E-state index is -4.57. The average molecular weight is 351 g/mol. The van der Waals surface area contributed by atoms with Gasteiger partial charge in [-0.1, -0.05) is 6.07 Å². The predicted octanol–water partition coefficient (Wildman–Crippen LogP) is 2.16. The van der Waals surface area contributed by atoms with Crippen molar-refractivity contribution in [3.05, 3.63) is 47.7 Å². The molecule has 0 spiro atoms. The Labute approximate surface area is 142 Å². The van der Waals surface area contributed by atoms with Gasteiger partial charge in [0.05, 0.1) is 0 Å². The number of aryl methyl sites for hydroxylation is 1. The molecule has 3 rings (SSSR count). The third kappa shape index (κ3) is 3.86. The van der Waals surface area contributed by atoms with E-state index in [1.165, 1.54) is 17.0 Å². The molecule has 1 aliphatic rings. The van der Waals surface area contributed by atoms with Gasteiger partial charge in [-0.2, -0.15) is 13.2 Å². The number of anilines is 1. The van der Waals surface area contributed by atoms with E-state index in [1.807, 2.05) is 4.90 Å². The quantitative estimate of drug-likeness (QED) is 0.830. The Bertz CT molecular complexity index is 772. The van der Waals surface area contributed by atoms with E-state index in [0.717, 1.165) is 11.9 Å². The molecule has 25 heavy (non-hydrogen) atoms. The second kappa shape index (κ2) is 6.66. The summed E-state index contributed by atoms with van der Waals surface area (Å²) < 4.78 is 38.2. The van der Waals surface area contributed by atoms with Crippen LogP contribution in [-0.2, 0) is 6.18 Å². The van der Waals surface area contributed by atoms with Gasteiger partial charge in [-0.15, -0.1) is 0 Å². The maximum atomic E-state index is 12.7. The number of carbonyl (C=O) groups is 1. The maximum Gasteiger partial charge on any atom is 0.433 e. The summed E-state index contributed by atoms with van der Waals surface area (Å²) >= 11 is 0. The average Bonchev–Trinajstić information content (AvgIpc) is 2.61. The van der Waals surface area contributed by atoms with E-state index in [0.29, 0.717) is 32.0 Å². The number of pyridine rings is 1. The summed E-state index contributed by atoms with van der Waals surface area (Å²) in [5.41, 5.74) is -1.25. The molecule has 1 aliphatic heterocycles. The molecule has 0 aliphatic carbocycles. The molecule has 3 heterocycles. The molecule has 1 amide bonds. The summed E-state index contributed by atoms with van der Waals surface area (Å²) in [5, 5.41) is 0. The Morgan fingerprint density at radius 2 is 1.80 bits per heavy atom. The van der Waals surface area contributed by atoms with E-state index >= 15 is 0 Å². The van der Waals surface area contributed by atoms with Crippen LogP contribution in [0.3, 0.4) is 0 Å². The number of amides is 1. The van der Waals surface area contributed by atoms with Crippen molar-refractivity contribution >= 4 is 11.7 Å². The van der Waals surface area contributed by atoms with Crippen LogP contribution in [0.15, 0.2) is 30.5 Å². The van der Waals surface area contributed by atoms with Gasteiger partial charge in [0, 0.05) is 32.4 Å². The van der Waals surface area contributed by atoms with Crippen LogP contribution in [0, 0.1) is 6.92 Å². The summed E-state index contributed by atoms with van der Waals surface area (Å²) in [6.07, 6.45) is -2.90. The van der Waals surface area contributed by atoms with Crippen LogP contribution in [0.4, 0.5) is 19.0 Å². The smallest absolute Gasteiger partial charge is 0.353 e. The first-order valence-electron chi connectivity index (χ1n) is 7.73. The van der Waals surface area contributed by atoms with Crippen molar-refractivity contribution in [3.63, 3.8) is 0 Å². The van der Waals surface area contributed by atoms with E-state index < -0.39 is 17.8 Å². The highest BCUT2D eigenvalue weighted by molar-refractivity contribution is 5.92. The molecule has 6 nitrogen and oxygen atoms in total. The van der Waals surface area contributed by atoms with E-state index in [4.69, 9.17) is 0 Å². The first-order valence-corrected chi connectivity index (χ1v) is 7.73. The third-order valence-electron chi connectivity index (χ3n) is 3.91. The van der Waals surface area contributed by atoms with Gasteiger partial charge in [-0.25, -0.2) is 15.0 Å².